The first-order chi connectivity index (χ1) is 11.8. The number of benzene rings is 2. The first-order valence-electron chi connectivity index (χ1n) is 8.54. The van der Waals surface area contributed by atoms with E-state index in [2.05, 4.69) is 46.7 Å². The van der Waals surface area contributed by atoms with Gasteiger partial charge in [-0.25, -0.2) is 4.98 Å². The van der Waals surface area contributed by atoms with Gasteiger partial charge in [0.25, 0.3) is 0 Å². The number of aromatic nitrogens is 2. The van der Waals surface area contributed by atoms with E-state index in [0.29, 0.717) is 6.04 Å². The van der Waals surface area contributed by atoms with Crippen molar-refractivity contribution in [2.45, 2.75) is 37.8 Å². The Balaban J connectivity index is 1.62. The van der Waals surface area contributed by atoms with Gasteiger partial charge in [0.1, 0.15) is 5.82 Å². The van der Waals surface area contributed by atoms with Gasteiger partial charge in [-0.15, -0.1) is 0 Å². The van der Waals surface area contributed by atoms with Crippen LogP contribution in [0.4, 0.5) is 5.82 Å². The standard InChI is InChI=1S/C20H21N3O/c24-16-10-8-15(9-11-16)22-20-13-21-12-19(23-20)18-7-3-5-14-4-1-2-6-17(14)18/h1-7,12-13,15-16,24H,8-11H2,(H,22,23). The average Bonchev–Trinajstić information content (AvgIpc) is 2.63. The molecule has 24 heavy (non-hydrogen) atoms. The van der Waals surface area contributed by atoms with Gasteiger partial charge < -0.3 is 10.4 Å². The molecule has 1 aliphatic carbocycles. The Morgan fingerprint density at radius 2 is 1.71 bits per heavy atom. The first kappa shape index (κ1) is 15.1. The fourth-order valence-corrected chi connectivity index (χ4v) is 3.44. The zero-order chi connectivity index (χ0) is 16.4. The summed E-state index contributed by atoms with van der Waals surface area (Å²) < 4.78 is 0. The van der Waals surface area contributed by atoms with Crippen molar-refractivity contribution in [3.8, 4) is 11.3 Å². The van der Waals surface area contributed by atoms with Crippen LogP contribution in [0.5, 0.6) is 0 Å². The van der Waals surface area contributed by atoms with Crippen molar-refractivity contribution in [3.05, 3.63) is 54.9 Å². The molecule has 0 unspecified atom stereocenters. The second kappa shape index (κ2) is 6.57. The zero-order valence-electron chi connectivity index (χ0n) is 13.5. The van der Waals surface area contributed by atoms with Gasteiger partial charge in [-0.1, -0.05) is 42.5 Å². The van der Waals surface area contributed by atoms with Gasteiger partial charge in [-0.3, -0.25) is 4.98 Å². The quantitative estimate of drug-likeness (QED) is 0.766. The molecule has 1 aliphatic rings. The molecule has 0 spiro atoms. The monoisotopic (exact) mass is 319 g/mol. The van der Waals surface area contributed by atoms with E-state index < -0.39 is 0 Å². The molecule has 0 atom stereocenters. The smallest absolute Gasteiger partial charge is 0.145 e. The van der Waals surface area contributed by atoms with Crippen molar-refractivity contribution >= 4 is 16.6 Å². The Bertz CT molecular complexity index is 836. The molecule has 4 rings (SSSR count). The van der Waals surface area contributed by atoms with Gasteiger partial charge in [-0.05, 0) is 36.5 Å². The van der Waals surface area contributed by atoms with E-state index in [-0.39, 0.29) is 6.10 Å². The molecule has 0 saturated heterocycles. The molecule has 4 heteroatoms. The highest BCUT2D eigenvalue weighted by Crippen LogP contribution is 2.28. The van der Waals surface area contributed by atoms with E-state index in [1.165, 1.54) is 10.8 Å². The molecule has 2 N–H and O–H groups in total. The Morgan fingerprint density at radius 3 is 2.58 bits per heavy atom. The van der Waals surface area contributed by atoms with Crippen LogP contribution in [0.2, 0.25) is 0 Å². The second-order valence-corrected chi connectivity index (χ2v) is 6.47. The summed E-state index contributed by atoms with van der Waals surface area (Å²) in [5.41, 5.74) is 1.98. The van der Waals surface area contributed by atoms with Crippen molar-refractivity contribution in [1.82, 2.24) is 9.97 Å². The highest BCUT2D eigenvalue weighted by atomic mass is 16.3. The minimum atomic E-state index is -0.142. The largest absolute Gasteiger partial charge is 0.393 e. The van der Waals surface area contributed by atoms with E-state index in [9.17, 15) is 5.11 Å². The van der Waals surface area contributed by atoms with Crippen LogP contribution in [0.25, 0.3) is 22.0 Å². The number of hydrogen-bond acceptors (Lipinski definition) is 4. The third-order valence-corrected chi connectivity index (χ3v) is 4.75. The average molecular weight is 319 g/mol. The molecule has 122 valence electrons. The molecule has 0 bridgehead atoms. The summed E-state index contributed by atoms with van der Waals surface area (Å²) in [4.78, 5) is 9.14. The maximum Gasteiger partial charge on any atom is 0.145 e. The Labute approximate surface area is 141 Å². The predicted molar refractivity (Wildman–Crippen MR) is 96.9 cm³/mol. The lowest BCUT2D eigenvalue weighted by atomic mass is 9.93. The third kappa shape index (κ3) is 3.10. The molecular formula is C20H21N3O. The van der Waals surface area contributed by atoms with Crippen LogP contribution in [0.3, 0.4) is 0 Å². The number of anilines is 1. The van der Waals surface area contributed by atoms with Gasteiger partial charge in [0.15, 0.2) is 0 Å². The summed E-state index contributed by atoms with van der Waals surface area (Å²) in [5, 5.41) is 15.5. The normalized spacial score (nSPS) is 20.9. The van der Waals surface area contributed by atoms with Gasteiger partial charge in [0.05, 0.1) is 24.2 Å². The van der Waals surface area contributed by atoms with Crippen molar-refractivity contribution in [2.24, 2.45) is 0 Å². The van der Waals surface area contributed by atoms with Crippen LogP contribution in [-0.2, 0) is 0 Å². The predicted octanol–water partition coefficient (Wildman–Crippen LogP) is 4.01. The molecular weight excluding hydrogens is 298 g/mol. The van der Waals surface area contributed by atoms with Crippen LogP contribution in [0.1, 0.15) is 25.7 Å². The fraction of sp³-hybridized carbons (Fsp3) is 0.300. The molecule has 4 nitrogen and oxygen atoms in total. The van der Waals surface area contributed by atoms with Crippen LogP contribution in [0, 0.1) is 0 Å². The first-order valence-corrected chi connectivity index (χ1v) is 8.54. The maximum absolute atomic E-state index is 9.63. The third-order valence-electron chi connectivity index (χ3n) is 4.75. The van der Waals surface area contributed by atoms with Crippen molar-refractivity contribution in [3.63, 3.8) is 0 Å². The van der Waals surface area contributed by atoms with Crippen LogP contribution in [0.15, 0.2) is 54.9 Å². The maximum atomic E-state index is 9.63. The summed E-state index contributed by atoms with van der Waals surface area (Å²) in [5.74, 6) is 0.807. The lowest BCUT2D eigenvalue weighted by Crippen LogP contribution is -2.28. The van der Waals surface area contributed by atoms with Crippen molar-refractivity contribution in [2.75, 3.05) is 5.32 Å². The second-order valence-electron chi connectivity index (χ2n) is 6.47. The van der Waals surface area contributed by atoms with E-state index in [1.807, 2.05) is 12.3 Å². The van der Waals surface area contributed by atoms with Crippen LogP contribution < -0.4 is 5.32 Å². The van der Waals surface area contributed by atoms with Gasteiger partial charge in [0.2, 0.25) is 0 Å². The van der Waals surface area contributed by atoms with Crippen molar-refractivity contribution < 1.29 is 5.11 Å². The molecule has 2 aromatic carbocycles. The Morgan fingerprint density at radius 1 is 0.917 bits per heavy atom. The minimum Gasteiger partial charge on any atom is -0.393 e. The minimum absolute atomic E-state index is 0.142. The Hall–Kier alpha value is -2.46. The van der Waals surface area contributed by atoms with E-state index >= 15 is 0 Å². The number of fused-ring (bicyclic) bond motifs is 1. The van der Waals surface area contributed by atoms with E-state index in [1.54, 1.807) is 6.20 Å². The van der Waals surface area contributed by atoms with E-state index in [4.69, 9.17) is 4.98 Å². The number of rotatable bonds is 3. The van der Waals surface area contributed by atoms with Gasteiger partial charge in [0, 0.05) is 11.6 Å². The fourth-order valence-electron chi connectivity index (χ4n) is 3.44. The molecule has 1 heterocycles. The SMILES string of the molecule is OC1CCC(Nc2cncc(-c3cccc4ccccc34)n2)CC1. The number of aliphatic hydroxyl groups excluding tert-OH is 1. The number of aliphatic hydroxyl groups is 1. The number of nitrogens with zero attached hydrogens (tertiary/aromatic N) is 2. The summed E-state index contributed by atoms with van der Waals surface area (Å²) in [7, 11) is 0. The highest BCUT2D eigenvalue weighted by molar-refractivity contribution is 5.95. The summed E-state index contributed by atoms with van der Waals surface area (Å²) in [6, 6.07) is 15.0. The summed E-state index contributed by atoms with van der Waals surface area (Å²) in [6.45, 7) is 0. The highest BCUT2D eigenvalue weighted by Gasteiger charge is 2.19. The Kier molecular flexibility index (Phi) is 4.13. The molecule has 0 radical (unpaired) electrons. The summed E-state index contributed by atoms with van der Waals surface area (Å²) in [6.07, 6.45) is 7.11. The lowest BCUT2D eigenvalue weighted by Gasteiger charge is -2.26. The lowest BCUT2D eigenvalue weighted by molar-refractivity contribution is 0.126. The molecule has 1 fully saturated rings. The molecule has 1 saturated carbocycles. The van der Waals surface area contributed by atoms with E-state index in [0.717, 1.165) is 42.8 Å². The molecule has 0 aliphatic heterocycles. The molecule has 3 aromatic rings. The summed E-state index contributed by atoms with van der Waals surface area (Å²) >= 11 is 0. The number of hydrogen-bond donors (Lipinski definition) is 2. The van der Waals surface area contributed by atoms with Gasteiger partial charge in [-0.2, -0.15) is 0 Å². The van der Waals surface area contributed by atoms with Crippen LogP contribution >= 0.6 is 0 Å². The van der Waals surface area contributed by atoms with Crippen LogP contribution in [-0.4, -0.2) is 27.2 Å². The molecule has 1 aromatic heterocycles. The molecule has 0 amide bonds. The number of nitrogens with one attached hydrogen (secondary N) is 1. The van der Waals surface area contributed by atoms with Crippen molar-refractivity contribution in [1.29, 1.82) is 0 Å². The zero-order valence-corrected chi connectivity index (χ0v) is 13.5. The topological polar surface area (TPSA) is 58.0 Å². The van der Waals surface area contributed by atoms with Gasteiger partial charge >= 0.3 is 0 Å².